The summed E-state index contributed by atoms with van der Waals surface area (Å²) in [5.74, 6) is 0.0429. The first kappa shape index (κ1) is 24.9. The third-order valence-corrected chi connectivity index (χ3v) is 5.72. The van der Waals surface area contributed by atoms with Crippen molar-refractivity contribution in [2.24, 2.45) is 0 Å². The average Bonchev–Trinajstić information content (AvgIpc) is 3.22. The van der Waals surface area contributed by atoms with Gasteiger partial charge in [-0.05, 0) is 62.6 Å². The number of nitrogens with one attached hydrogen (secondary N) is 3. The van der Waals surface area contributed by atoms with Crippen LogP contribution in [0.25, 0.3) is 0 Å². The molecule has 180 valence electrons. The van der Waals surface area contributed by atoms with E-state index in [0.29, 0.717) is 35.5 Å². The van der Waals surface area contributed by atoms with Crippen molar-refractivity contribution in [2.45, 2.75) is 46.2 Å². The summed E-state index contributed by atoms with van der Waals surface area (Å²) in [5, 5.41) is 6.41. The van der Waals surface area contributed by atoms with Crippen LogP contribution >= 0.6 is 0 Å². The summed E-state index contributed by atoms with van der Waals surface area (Å²) in [6.45, 7) is 8.16. The van der Waals surface area contributed by atoms with E-state index in [1.165, 1.54) is 0 Å². The third kappa shape index (κ3) is 5.60. The van der Waals surface area contributed by atoms with Crippen LogP contribution in [0.3, 0.4) is 0 Å². The van der Waals surface area contributed by atoms with Crippen molar-refractivity contribution in [1.82, 2.24) is 10.3 Å². The molecule has 0 aliphatic rings. The van der Waals surface area contributed by atoms with E-state index in [4.69, 9.17) is 9.47 Å². The fraction of sp³-hybridized carbons (Fsp3) is 0.333. The second kappa shape index (κ2) is 10.9. The smallest absolute Gasteiger partial charge is 0.340 e. The van der Waals surface area contributed by atoms with E-state index in [2.05, 4.69) is 15.6 Å². The Morgan fingerprint density at radius 1 is 1.00 bits per heavy atom. The number of ether oxygens (including phenoxy) is 2. The molecule has 3 N–H and O–H groups in total. The molecule has 3 rings (SSSR count). The van der Waals surface area contributed by atoms with Crippen molar-refractivity contribution >= 4 is 17.6 Å². The van der Waals surface area contributed by atoms with Crippen molar-refractivity contribution in [3.63, 3.8) is 0 Å². The Bertz CT molecular complexity index is 1120. The first-order valence-corrected chi connectivity index (χ1v) is 11.5. The highest BCUT2D eigenvalue weighted by Gasteiger charge is 2.29. The minimum atomic E-state index is -0.597. The fourth-order valence-corrected chi connectivity index (χ4v) is 3.90. The quantitative estimate of drug-likeness (QED) is 0.366. The van der Waals surface area contributed by atoms with Gasteiger partial charge in [0.25, 0.3) is 5.91 Å². The summed E-state index contributed by atoms with van der Waals surface area (Å²) >= 11 is 0. The van der Waals surface area contributed by atoms with E-state index in [-0.39, 0.29) is 12.5 Å². The fourth-order valence-electron chi connectivity index (χ4n) is 3.90. The molecule has 0 fully saturated rings. The van der Waals surface area contributed by atoms with Crippen molar-refractivity contribution in [2.75, 3.05) is 19.0 Å². The van der Waals surface area contributed by atoms with E-state index in [1.54, 1.807) is 14.0 Å². The Morgan fingerprint density at radius 2 is 1.68 bits per heavy atom. The molecular formula is C27H33N3O4. The number of anilines is 1. The summed E-state index contributed by atoms with van der Waals surface area (Å²) in [5.41, 5.74) is 3.29. The Labute approximate surface area is 200 Å². The van der Waals surface area contributed by atoms with Gasteiger partial charge in [0.1, 0.15) is 11.4 Å². The van der Waals surface area contributed by atoms with E-state index >= 15 is 0 Å². The molecule has 0 unspecified atom stereocenters. The Kier molecular flexibility index (Phi) is 7.99. The highest BCUT2D eigenvalue weighted by Crippen LogP contribution is 2.26. The molecule has 3 aromatic rings. The molecule has 0 aliphatic heterocycles. The molecule has 1 amide bonds. The second-order valence-corrected chi connectivity index (χ2v) is 8.43. The Balaban J connectivity index is 1.91. The van der Waals surface area contributed by atoms with Crippen LogP contribution in [-0.2, 0) is 23.2 Å². The number of aromatic nitrogens is 1. The lowest BCUT2D eigenvalue weighted by molar-refractivity contribution is 0.0524. The van der Waals surface area contributed by atoms with Gasteiger partial charge in [-0.25, -0.2) is 4.79 Å². The molecule has 7 heteroatoms. The molecule has 0 saturated heterocycles. The van der Waals surface area contributed by atoms with Gasteiger partial charge in [0, 0.05) is 11.4 Å². The summed E-state index contributed by atoms with van der Waals surface area (Å²) in [4.78, 5) is 29.4. The molecule has 1 aromatic heterocycles. The molecule has 0 saturated carbocycles. The molecule has 2 aromatic carbocycles. The number of esters is 1. The average molecular weight is 464 g/mol. The van der Waals surface area contributed by atoms with Gasteiger partial charge in [0.05, 0.1) is 31.4 Å². The number of carbonyl (C=O) groups is 2. The largest absolute Gasteiger partial charge is 0.497 e. The SMILES string of the molecule is CCOC(=O)c1c(CNc2ccc(OC)cc2)[nH]c(C(=O)NC(C)(C)c2ccccc2)c1CC. The molecule has 7 nitrogen and oxygen atoms in total. The van der Waals surface area contributed by atoms with Gasteiger partial charge in [-0.3, -0.25) is 4.79 Å². The van der Waals surface area contributed by atoms with Gasteiger partial charge in [-0.2, -0.15) is 0 Å². The Hall–Kier alpha value is -3.74. The van der Waals surface area contributed by atoms with Crippen LogP contribution in [0.15, 0.2) is 54.6 Å². The second-order valence-electron chi connectivity index (χ2n) is 8.43. The molecule has 0 aliphatic carbocycles. The van der Waals surface area contributed by atoms with E-state index < -0.39 is 11.5 Å². The topological polar surface area (TPSA) is 92.5 Å². The lowest BCUT2D eigenvalue weighted by Gasteiger charge is -2.27. The van der Waals surface area contributed by atoms with Gasteiger partial charge >= 0.3 is 5.97 Å². The van der Waals surface area contributed by atoms with Crippen LogP contribution in [0.4, 0.5) is 5.69 Å². The van der Waals surface area contributed by atoms with Crippen molar-refractivity contribution in [3.05, 3.63) is 82.7 Å². The number of H-pyrrole nitrogens is 1. The third-order valence-electron chi connectivity index (χ3n) is 5.72. The van der Waals surface area contributed by atoms with Gasteiger partial charge in [0.15, 0.2) is 0 Å². The predicted octanol–water partition coefficient (Wildman–Crippen LogP) is 5.04. The zero-order chi connectivity index (χ0) is 24.7. The highest BCUT2D eigenvalue weighted by atomic mass is 16.5. The van der Waals surface area contributed by atoms with Crippen LogP contribution in [0, 0.1) is 0 Å². The first-order chi connectivity index (χ1) is 16.3. The minimum Gasteiger partial charge on any atom is -0.497 e. The number of aromatic amines is 1. The number of hydrogen-bond donors (Lipinski definition) is 3. The van der Waals surface area contributed by atoms with E-state index in [0.717, 1.165) is 17.0 Å². The van der Waals surface area contributed by atoms with Crippen LogP contribution in [0.5, 0.6) is 5.75 Å². The molecule has 0 radical (unpaired) electrons. The number of amides is 1. The van der Waals surface area contributed by atoms with E-state index in [9.17, 15) is 9.59 Å². The summed E-state index contributed by atoms with van der Waals surface area (Å²) in [6, 6.07) is 17.3. The standard InChI is InChI=1S/C27H33N3O4/c1-6-21-23(26(32)34-7-2)22(17-28-19-13-15-20(33-5)16-14-19)29-24(21)25(31)30-27(3,4)18-11-9-8-10-12-18/h8-16,28-29H,6-7,17H2,1-5H3,(H,30,31). The zero-order valence-corrected chi connectivity index (χ0v) is 20.5. The van der Waals surface area contributed by atoms with Crippen LogP contribution < -0.4 is 15.4 Å². The normalized spacial score (nSPS) is 11.1. The Morgan fingerprint density at radius 3 is 2.26 bits per heavy atom. The lowest BCUT2D eigenvalue weighted by atomic mass is 9.94. The molecule has 0 atom stereocenters. The van der Waals surface area contributed by atoms with Crippen molar-refractivity contribution in [1.29, 1.82) is 0 Å². The maximum atomic E-state index is 13.4. The van der Waals surface area contributed by atoms with Gasteiger partial charge < -0.3 is 25.1 Å². The number of benzene rings is 2. The minimum absolute atomic E-state index is 0.251. The monoisotopic (exact) mass is 463 g/mol. The lowest BCUT2D eigenvalue weighted by Crippen LogP contribution is -2.41. The number of carbonyl (C=O) groups excluding carboxylic acids is 2. The van der Waals surface area contributed by atoms with Crippen molar-refractivity contribution < 1.29 is 19.1 Å². The van der Waals surface area contributed by atoms with Crippen LogP contribution in [0.1, 0.15) is 65.4 Å². The molecule has 0 spiro atoms. The van der Waals surface area contributed by atoms with Gasteiger partial charge in [0.2, 0.25) is 0 Å². The van der Waals surface area contributed by atoms with Gasteiger partial charge in [-0.1, -0.05) is 37.3 Å². The summed E-state index contributed by atoms with van der Waals surface area (Å²) < 4.78 is 10.5. The summed E-state index contributed by atoms with van der Waals surface area (Å²) in [7, 11) is 1.62. The molecule has 34 heavy (non-hydrogen) atoms. The molecular weight excluding hydrogens is 430 g/mol. The number of hydrogen-bond acceptors (Lipinski definition) is 5. The highest BCUT2D eigenvalue weighted by molar-refractivity contribution is 6.01. The van der Waals surface area contributed by atoms with Gasteiger partial charge in [-0.15, -0.1) is 0 Å². The molecule has 0 bridgehead atoms. The van der Waals surface area contributed by atoms with Crippen LogP contribution in [-0.4, -0.2) is 30.6 Å². The number of rotatable bonds is 10. The molecule has 1 heterocycles. The summed E-state index contributed by atoms with van der Waals surface area (Å²) in [6.07, 6.45) is 0.502. The zero-order valence-electron chi connectivity index (χ0n) is 20.5. The number of methoxy groups -OCH3 is 1. The predicted molar refractivity (Wildman–Crippen MR) is 133 cm³/mol. The van der Waals surface area contributed by atoms with Crippen LogP contribution in [0.2, 0.25) is 0 Å². The van der Waals surface area contributed by atoms with Crippen molar-refractivity contribution in [3.8, 4) is 5.75 Å². The first-order valence-electron chi connectivity index (χ1n) is 11.5. The van der Waals surface area contributed by atoms with E-state index in [1.807, 2.05) is 75.4 Å². The maximum absolute atomic E-state index is 13.4. The maximum Gasteiger partial charge on any atom is 0.340 e.